The van der Waals surface area contributed by atoms with Crippen LogP contribution in [0.4, 0.5) is 5.13 Å². The summed E-state index contributed by atoms with van der Waals surface area (Å²) < 4.78 is 22.0. The lowest BCUT2D eigenvalue weighted by molar-refractivity contribution is 0.0746. The SMILES string of the molecule is CC(C)(C)[C@H](O)CNc1ncc(S(N)(=O)=O)s1. The number of aromatic nitrogens is 1. The number of aliphatic hydroxyl groups excluding tert-OH is 1. The molecule has 1 aromatic heterocycles. The molecule has 98 valence electrons. The van der Waals surface area contributed by atoms with Gasteiger partial charge in [0.1, 0.15) is 0 Å². The van der Waals surface area contributed by atoms with Gasteiger partial charge in [-0.15, -0.1) is 0 Å². The zero-order valence-electron chi connectivity index (χ0n) is 9.97. The van der Waals surface area contributed by atoms with E-state index >= 15 is 0 Å². The van der Waals surface area contributed by atoms with Crippen molar-refractivity contribution in [1.82, 2.24) is 4.98 Å². The summed E-state index contributed by atoms with van der Waals surface area (Å²) in [4.78, 5) is 3.87. The first-order valence-corrected chi connectivity index (χ1v) is 7.37. The summed E-state index contributed by atoms with van der Waals surface area (Å²) in [6.45, 7) is 6.05. The lowest BCUT2D eigenvalue weighted by Crippen LogP contribution is -2.32. The van der Waals surface area contributed by atoms with Crippen molar-refractivity contribution in [2.45, 2.75) is 31.1 Å². The van der Waals surface area contributed by atoms with Gasteiger partial charge >= 0.3 is 0 Å². The maximum Gasteiger partial charge on any atom is 0.249 e. The summed E-state index contributed by atoms with van der Waals surface area (Å²) in [6, 6.07) is 0. The topological polar surface area (TPSA) is 105 Å². The van der Waals surface area contributed by atoms with Crippen molar-refractivity contribution in [1.29, 1.82) is 0 Å². The van der Waals surface area contributed by atoms with E-state index in [1.54, 1.807) is 0 Å². The van der Waals surface area contributed by atoms with E-state index in [0.29, 0.717) is 11.7 Å². The molecule has 0 spiro atoms. The Labute approximate surface area is 105 Å². The van der Waals surface area contributed by atoms with E-state index in [1.807, 2.05) is 20.8 Å². The smallest absolute Gasteiger partial charge is 0.249 e. The van der Waals surface area contributed by atoms with Gasteiger partial charge in [-0.3, -0.25) is 0 Å². The van der Waals surface area contributed by atoms with Crippen LogP contribution in [0.5, 0.6) is 0 Å². The molecule has 0 unspecified atom stereocenters. The maximum absolute atomic E-state index is 11.0. The molecular formula is C9H17N3O3S2. The van der Waals surface area contributed by atoms with Crippen molar-refractivity contribution < 1.29 is 13.5 Å². The second-order valence-corrected chi connectivity index (χ2v) is 7.61. The summed E-state index contributed by atoms with van der Waals surface area (Å²) in [5.74, 6) is 0. The number of primary sulfonamides is 1. The molecule has 0 radical (unpaired) electrons. The first kappa shape index (κ1) is 14.4. The average molecular weight is 279 g/mol. The van der Waals surface area contributed by atoms with Crippen molar-refractivity contribution >= 4 is 26.5 Å². The highest BCUT2D eigenvalue weighted by Crippen LogP contribution is 2.23. The van der Waals surface area contributed by atoms with Crippen LogP contribution in [-0.4, -0.2) is 31.2 Å². The highest BCUT2D eigenvalue weighted by Gasteiger charge is 2.22. The Morgan fingerprint density at radius 3 is 2.59 bits per heavy atom. The average Bonchev–Trinajstić information content (AvgIpc) is 2.59. The van der Waals surface area contributed by atoms with E-state index in [9.17, 15) is 13.5 Å². The largest absolute Gasteiger partial charge is 0.391 e. The number of nitrogens with zero attached hydrogens (tertiary/aromatic N) is 1. The maximum atomic E-state index is 11.0. The van der Waals surface area contributed by atoms with Gasteiger partial charge in [0.15, 0.2) is 9.34 Å². The van der Waals surface area contributed by atoms with Crippen LogP contribution >= 0.6 is 11.3 Å². The zero-order valence-corrected chi connectivity index (χ0v) is 11.6. The number of thiazole rings is 1. The van der Waals surface area contributed by atoms with Crippen LogP contribution in [-0.2, 0) is 10.0 Å². The number of aliphatic hydroxyl groups is 1. The molecule has 1 heterocycles. The molecule has 1 aromatic rings. The quantitative estimate of drug-likeness (QED) is 0.749. The molecule has 0 saturated carbocycles. The van der Waals surface area contributed by atoms with Gasteiger partial charge in [0.2, 0.25) is 10.0 Å². The predicted molar refractivity (Wildman–Crippen MR) is 67.4 cm³/mol. The minimum atomic E-state index is -3.70. The number of rotatable bonds is 4. The minimum Gasteiger partial charge on any atom is -0.391 e. The van der Waals surface area contributed by atoms with Gasteiger partial charge in [-0.2, -0.15) is 0 Å². The molecule has 1 atom stereocenters. The molecule has 6 nitrogen and oxygen atoms in total. The van der Waals surface area contributed by atoms with E-state index < -0.39 is 16.1 Å². The van der Waals surface area contributed by atoms with Gasteiger partial charge < -0.3 is 10.4 Å². The van der Waals surface area contributed by atoms with Crippen molar-refractivity contribution in [2.24, 2.45) is 10.6 Å². The van der Waals surface area contributed by atoms with Crippen molar-refractivity contribution in [3.8, 4) is 0 Å². The first-order chi connectivity index (χ1) is 7.60. The Morgan fingerprint density at radius 1 is 1.59 bits per heavy atom. The van der Waals surface area contributed by atoms with Crippen LogP contribution in [0.3, 0.4) is 0 Å². The van der Waals surface area contributed by atoms with Crippen LogP contribution < -0.4 is 10.5 Å². The fourth-order valence-electron chi connectivity index (χ4n) is 0.963. The van der Waals surface area contributed by atoms with Crippen LogP contribution in [0.1, 0.15) is 20.8 Å². The van der Waals surface area contributed by atoms with E-state index in [0.717, 1.165) is 11.3 Å². The lowest BCUT2D eigenvalue weighted by atomic mass is 9.89. The number of nitrogens with two attached hydrogens (primary N) is 1. The summed E-state index contributed by atoms with van der Waals surface area (Å²) in [7, 11) is -3.70. The first-order valence-electron chi connectivity index (χ1n) is 5.01. The molecule has 0 aliphatic rings. The van der Waals surface area contributed by atoms with E-state index in [1.165, 1.54) is 6.20 Å². The monoisotopic (exact) mass is 279 g/mol. The molecule has 1 rings (SSSR count). The van der Waals surface area contributed by atoms with E-state index in [-0.39, 0.29) is 9.62 Å². The van der Waals surface area contributed by atoms with Gasteiger partial charge in [0.05, 0.1) is 12.3 Å². The molecule has 0 bridgehead atoms. The third-order valence-electron chi connectivity index (χ3n) is 2.21. The molecule has 8 heteroatoms. The summed E-state index contributed by atoms with van der Waals surface area (Å²) in [6.07, 6.45) is 0.649. The van der Waals surface area contributed by atoms with Gasteiger partial charge in [0.25, 0.3) is 0 Å². The van der Waals surface area contributed by atoms with Gasteiger partial charge in [-0.05, 0) is 5.41 Å². The third-order valence-corrected chi connectivity index (χ3v) is 4.57. The highest BCUT2D eigenvalue weighted by molar-refractivity contribution is 7.91. The van der Waals surface area contributed by atoms with Crippen molar-refractivity contribution in [3.63, 3.8) is 0 Å². The molecular weight excluding hydrogens is 262 g/mol. The second kappa shape index (κ2) is 4.89. The fourth-order valence-corrected chi connectivity index (χ4v) is 2.42. The Hall–Kier alpha value is -0.700. The number of hydrogen-bond donors (Lipinski definition) is 3. The summed E-state index contributed by atoms with van der Waals surface area (Å²) in [5, 5.41) is 18.1. The standard InChI is InChI=1S/C9H17N3O3S2/c1-9(2,3)6(13)4-11-8-12-5-7(16-8)17(10,14)15/h5-6,13H,4H2,1-3H3,(H,11,12)(H2,10,14,15)/t6-/m1/s1. The third kappa shape index (κ3) is 4.23. The normalized spacial score (nSPS) is 14.6. The zero-order chi connectivity index (χ0) is 13.3. The van der Waals surface area contributed by atoms with Crippen LogP contribution in [0.15, 0.2) is 10.4 Å². The van der Waals surface area contributed by atoms with Crippen LogP contribution in [0.2, 0.25) is 0 Å². The summed E-state index contributed by atoms with van der Waals surface area (Å²) >= 11 is 0.946. The molecule has 0 aliphatic carbocycles. The molecule has 0 fully saturated rings. The number of hydrogen-bond acceptors (Lipinski definition) is 6. The predicted octanol–water partition coefficient (Wildman–Crippen LogP) is 0.609. The molecule has 0 aromatic carbocycles. The molecule has 0 saturated heterocycles. The van der Waals surface area contributed by atoms with E-state index in [2.05, 4.69) is 10.3 Å². The summed E-state index contributed by atoms with van der Waals surface area (Å²) in [5.41, 5.74) is -0.243. The van der Waals surface area contributed by atoms with E-state index in [4.69, 9.17) is 5.14 Å². The highest BCUT2D eigenvalue weighted by atomic mass is 32.2. The Kier molecular flexibility index (Phi) is 4.13. The number of nitrogens with one attached hydrogen (secondary N) is 1. The van der Waals surface area contributed by atoms with Crippen LogP contribution in [0.25, 0.3) is 0 Å². The fraction of sp³-hybridized carbons (Fsp3) is 0.667. The van der Waals surface area contributed by atoms with Gasteiger partial charge in [0, 0.05) is 6.54 Å². The number of anilines is 1. The molecule has 17 heavy (non-hydrogen) atoms. The Bertz CT molecular complexity index is 476. The van der Waals surface area contributed by atoms with Crippen molar-refractivity contribution in [3.05, 3.63) is 6.20 Å². The van der Waals surface area contributed by atoms with Crippen molar-refractivity contribution in [2.75, 3.05) is 11.9 Å². The Morgan fingerprint density at radius 2 is 2.18 bits per heavy atom. The lowest BCUT2D eigenvalue weighted by Gasteiger charge is -2.25. The van der Waals surface area contributed by atoms with Crippen LogP contribution in [0, 0.1) is 5.41 Å². The Balaban J connectivity index is 2.63. The molecule has 0 amide bonds. The van der Waals surface area contributed by atoms with Gasteiger partial charge in [-0.1, -0.05) is 32.1 Å². The number of sulfonamides is 1. The van der Waals surface area contributed by atoms with Gasteiger partial charge in [-0.25, -0.2) is 18.5 Å². The minimum absolute atomic E-state index is 0.00486. The molecule has 0 aliphatic heterocycles. The second-order valence-electron chi connectivity index (χ2n) is 4.79. The molecule has 4 N–H and O–H groups in total.